The van der Waals surface area contributed by atoms with Crippen LogP contribution in [0.5, 0.6) is 0 Å². The zero-order valence-corrected chi connectivity index (χ0v) is 20.0. The van der Waals surface area contributed by atoms with Gasteiger partial charge in [0.25, 0.3) is 0 Å². The first-order chi connectivity index (χ1) is 14.5. The molecule has 0 radical (unpaired) electrons. The number of sulfonamides is 1. The van der Waals surface area contributed by atoms with Crippen LogP contribution in [0, 0.1) is 12.8 Å². The molecule has 1 fully saturated rings. The molecule has 0 aliphatic carbocycles. The number of carbonyl (C=O) groups excluding carboxylic acids is 1. The van der Waals surface area contributed by atoms with E-state index in [1.165, 1.54) is 9.87 Å². The molecule has 1 amide bonds. The predicted octanol–water partition coefficient (Wildman–Crippen LogP) is 4.57. The molecule has 6 heteroatoms. The Morgan fingerprint density at radius 3 is 2.06 bits per heavy atom. The molecule has 1 N–H and O–H groups in total. The molecule has 0 spiro atoms. The summed E-state index contributed by atoms with van der Waals surface area (Å²) >= 11 is 0. The van der Waals surface area contributed by atoms with Crippen LogP contribution in [0.4, 0.5) is 0 Å². The number of nitrogens with one attached hydrogen (secondary N) is 1. The first-order valence-electron chi connectivity index (χ1n) is 11.0. The molecule has 1 aliphatic heterocycles. The van der Waals surface area contributed by atoms with E-state index in [4.69, 9.17) is 0 Å². The molecule has 0 unspecified atom stereocenters. The van der Waals surface area contributed by atoms with Crippen LogP contribution in [0.3, 0.4) is 0 Å². The van der Waals surface area contributed by atoms with E-state index in [1.54, 1.807) is 12.1 Å². The Balaban J connectivity index is 1.57. The molecule has 1 saturated heterocycles. The maximum absolute atomic E-state index is 12.9. The summed E-state index contributed by atoms with van der Waals surface area (Å²) in [6.07, 6.45) is 1.07. The fourth-order valence-electron chi connectivity index (χ4n) is 3.90. The highest BCUT2D eigenvalue weighted by molar-refractivity contribution is 7.89. The minimum Gasteiger partial charge on any atom is -0.349 e. The van der Waals surface area contributed by atoms with E-state index in [0.717, 1.165) is 11.1 Å². The molecule has 1 atom stereocenters. The molecule has 0 aromatic heterocycles. The van der Waals surface area contributed by atoms with E-state index >= 15 is 0 Å². The number of aryl methyl sites for hydroxylation is 1. The highest BCUT2D eigenvalue weighted by Gasteiger charge is 2.32. The Kier molecular flexibility index (Phi) is 6.92. The lowest BCUT2D eigenvalue weighted by molar-refractivity contribution is -0.126. The number of amides is 1. The minimum atomic E-state index is -3.51. The van der Waals surface area contributed by atoms with Gasteiger partial charge in [0.05, 0.1) is 10.9 Å². The van der Waals surface area contributed by atoms with E-state index in [2.05, 4.69) is 50.4 Å². The third-order valence-corrected chi connectivity index (χ3v) is 8.03. The number of piperidine rings is 1. The van der Waals surface area contributed by atoms with Gasteiger partial charge in [-0.1, -0.05) is 62.7 Å². The van der Waals surface area contributed by atoms with Crippen molar-refractivity contribution in [3.63, 3.8) is 0 Å². The molecular weight excluding hydrogens is 408 g/mol. The van der Waals surface area contributed by atoms with Crippen molar-refractivity contribution in [2.45, 2.75) is 63.8 Å². The Morgan fingerprint density at radius 2 is 1.55 bits per heavy atom. The van der Waals surface area contributed by atoms with Gasteiger partial charge in [-0.2, -0.15) is 4.31 Å². The van der Waals surface area contributed by atoms with E-state index in [0.29, 0.717) is 30.8 Å². The van der Waals surface area contributed by atoms with Crippen molar-refractivity contribution in [2.24, 2.45) is 5.92 Å². The fraction of sp³-hybridized carbons (Fsp3) is 0.480. The Morgan fingerprint density at radius 1 is 1.00 bits per heavy atom. The summed E-state index contributed by atoms with van der Waals surface area (Å²) in [4.78, 5) is 13.1. The van der Waals surface area contributed by atoms with E-state index in [-0.39, 0.29) is 23.3 Å². The summed E-state index contributed by atoms with van der Waals surface area (Å²) in [5, 5.41) is 3.11. The lowest BCUT2D eigenvalue weighted by atomic mass is 9.86. The largest absolute Gasteiger partial charge is 0.349 e. The van der Waals surface area contributed by atoms with Crippen molar-refractivity contribution < 1.29 is 13.2 Å². The van der Waals surface area contributed by atoms with Gasteiger partial charge in [-0.25, -0.2) is 8.42 Å². The second-order valence-electron chi connectivity index (χ2n) is 9.59. The van der Waals surface area contributed by atoms with E-state index in [9.17, 15) is 13.2 Å². The monoisotopic (exact) mass is 442 g/mol. The predicted molar refractivity (Wildman–Crippen MR) is 124 cm³/mol. The SMILES string of the molecule is Cc1ccc(S(=O)(=O)N2CCC(C(=O)N[C@@H](C)c3ccc(C(C)(C)C)cc3)CC2)cc1. The van der Waals surface area contributed by atoms with Crippen molar-refractivity contribution in [2.75, 3.05) is 13.1 Å². The van der Waals surface area contributed by atoms with Gasteiger partial charge in [-0.3, -0.25) is 4.79 Å². The maximum atomic E-state index is 12.9. The second-order valence-corrected chi connectivity index (χ2v) is 11.5. The summed E-state index contributed by atoms with van der Waals surface area (Å²) in [5.74, 6) is -0.166. The van der Waals surface area contributed by atoms with Gasteiger partial charge in [-0.15, -0.1) is 0 Å². The number of rotatable bonds is 5. The van der Waals surface area contributed by atoms with Crippen molar-refractivity contribution in [3.8, 4) is 0 Å². The first-order valence-corrected chi connectivity index (χ1v) is 12.4. The van der Waals surface area contributed by atoms with Crippen LogP contribution in [0.2, 0.25) is 0 Å². The number of hydrogen-bond donors (Lipinski definition) is 1. The number of nitrogens with zero attached hydrogens (tertiary/aromatic N) is 1. The Labute approximate surface area is 186 Å². The first kappa shape index (κ1) is 23.5. The third-order valence-electron chi connectivity index (χ3n) is 6.12. The Bertz CT molecular complexity index is 998. The topological polar surface area (TPSA) is 66.5 Å². The molecule has 0 bridgehead atoms. The lowest BCUT2D eigenvalue weighted by Gasteiger charge is -2.31. The van der Waals surface area contributed by atoms with Crippen LogP contribution in [-0.2, 0) is 20.2 Å². The van der Waals surface area contributed by atoms with Crippen LogP contribution < -0.4 is 5.32 Å². The molecule has 1 aliphatic rings. The zero-order valence-electron chi connectivity index (χ0n) is 19.2. The highest BCUT2D eigenvalue weighted by Crippen LogP contribution is 2.26. The van der Waals surface area contributed by atoms with Gasteiger partial charge in [0.2, 0.25) is 15.9 Å². The van der Waals surface area contributed by atoms with Gasteiger partial charge in [0, 0.05) is 19.0 Å². The van der Waals surface area contributed by atoms with Crippen LogP contribution in [0.15, 0.2) is 53.4 Å². The smallest absolute Gasteiger partial charge is 0.243 e. The van der Waals surface area contributed by atoms with Crippen LogP contribution >= 0.6 is 0 Å². The fourth-order valence-corrected chi connectivity index (χ4v) is 5.37. The highest BCUT2D eigenvalue weighted by atomic mass is 32.2. The molecule has 31 heavy (non-hydrogen) atoms. The van der Waals surface area contributed by atoms with E-state index < -0.39 is 10.0 Å². The van der Waals surface area contributed by atoms with Crippen LogP contribution in [-0.4, -0.2) is 31.7 Å². The van der Waals surface area contributed by atoms with Crippen LogP contribution in [0.1, 0.15) is 63.3 Å². The van der Waals surface area contributed by atoms with Crippen molar-refractivity contribution in [1.29, 1.82) is 0 Å². The average Bonchev–Trinajstić information content (AvgIpc) is 2.73. The van der Waals surface area contributed by atoms with E-state index in [1.807, 2.05) is 26.0 Å². The third kappa shape index (κ3) is 5.55. The summed E-state index contributed by atoms with van der Waals surface area (Å²) in [6, 6.07) is 15.2. The number of carbonyl (C=O) groups is 1. The molecule has 2 aromatic carbocycles. The zero-order chi connectivity index (χ0) is 22.8. The minimum absolute atomic E-state index is 0.000202. The standard InChI is InChI=1S/C25H34N2O3S/c1-18-6-12-23(13-7-18)31(29,30)27-16-14-21(15-17-27)24(28)26-19(2)20-8-10-22(11-9-20)25(3,4)5/h6-13,19,21H,14-17H2,1-5H3,(H,26,28)/t19-/m0/s1. The Hall–Kier alpha value is -2.18. The summed E-state index contributed by atoms with van der Waals surface area (Å²) in [6.45, 7) is 11.2. The average molecular weight is 443 g/mol. The number of hydrogen-bond acceptors (Lipinski definition) is 3. The van der Waals surface area contributed by atoms with Crippen LogP contribution in [0.25, 0.3) is 0 Å². The van der Waals surface area contributed by atoms with Gasteiger partial charge < -0.3 is 5.32 Å². The van der Waals surface area contributed by atoms with Gasteiger partial charge in [0.15, 0.2) is 0 Å². The molecule has 3 rings (SSSR count). The maximum Gasteiger partial charge on any atom is 0.243 e. The quantitative estimate of drug-likeness (QED) is 0.738. The summed E-state index contributed by atoms with van der Waals surface area (Å²) < 4.78 is 27.2. The summed E-state index contributed by atoms with van der Waals surface area (Å²) in [7, 11) is -3.51. The molecule has 1 heterocycles. The van der Waals surface area contributed by atoms with Gasteiger partial charge in [0.1, 0.15) is 0 Å². The summed E-state index contributed by atoms with van der Waals surface area (Å²) in [5.41, 5.74) is 3.45. The molecule has 0 saturated carbocycles. The van der Waals surface area contributed by atoms with Crippen molar-refractivity contribution in [1.82, 2.24) is 9.62 Å². The lowest BCUT2D eigenvalue weighted by Crippen LogP contribution is -2.43. The molecule has 168 valence electrons. The van der Waals surface area contributed by atoms with Crippen molar-refractivity contribution in [3.05, 3.63) is 65.2 Å². The normalized spacial score (nSPS) is 17.3. The molecule has 5 nitrogen and oxygen atoms in total. The van der Waals surface area contributed by atoms with Gasteiger partial charge >= 0.3 is 0 Å². The number of benzene rings is 2. The second kappa shape index (κ2) is 9.13. The van der Waals surface area contributed by atoms with Gasteiger partial charge in [-0.05, 0) is 55.4 Å². The van der Waals surface area contributed by atoms with Crippen molar-refractivity contribution >= 4 is 15.9 Å². The molecule has 2 aromatic rings. The molecular formula is C25H34N2O3S.